The summed E-state index contributed by atoms with van der Waals surface area (Å²) >= 11 is 1.96. The summed E-state index contributed by atoms with van der Waals surface area (Å²) in [6.45, 7) is 6.40. The zero-order valence-electron chi connectivity index (χ0n) is 16.7. The minimum atomic E-state index is 0.475. The van der Waals surface area contributed by atoms with Gasteiger partial charge >= 0.3 is 0 Å². The molecule has 2 unspecified atom stereocenters. The molecule has 2 atom stereocenters. The van der Waals surface area contributed by atoms with Gasteiger partial charge in [-0.05, 0) is 36.2 Å². The van der Waals surface area contributed by atoms with E-state index in [-0.39, 0.29) is 0 Å². The standard InChI is InChI=1S/C22H18N2S.C3H8/c1-2-17-22(24-19-9-5-4-8-18(19)23-17)14-11-12-21-16(13-14)15-7-3-6-10-20(15)25-21;1-3-2/h3-13,15,20H,2H2,1H3;3H2,1-2H3. The summed E-state index contributed by atoms with van der Waals surface area (Å²) in [7, 11) is 0. The average molecular weight is 387 g/mol. The lowest BCUT2D eigenvalue weighted by Crippen LogP contribution is -2.06. The van der Waals surface area contributed by atoms with Crippen molar-refractivity contribution in [3.05, 3.63) is 78.0 Å². The molecule has 0 spiro atoms. The van der Waals surface area contributed by atoms with Crippen LogP contribution in [0.25, 0.3) is 22.3 Å². The first kappa shape index (κ1) is 18.9. The Hall–Kier alpha value is -2.39. The molecule has 2 aromatic carbocycles. The molecule has 142 valence electrons. The molecule has 0 fully saturated rings. The summed E-state index contributed by atoms with van der Waals surface area (Å²) in [6, 6.07) is 14.9. The number of fused-ring (bicyclic) bond motifs is 4. The minimum Gasteiger partial charge on any atom is -0.249 e. The SMILES string of the molecule is CCC.CCc1nc2ccccc2nc1-c1ccc2c(c1)C1C=CC=CC1S2. The van der Waals surface area contributed by atoms with E-state index in [0.29, 0.717) is 11.2 Å². The van der Waals surface area contributed by atoms with Crippen molar-refractivity contribution in [2.75, 3.05) is 0 Å². The van der Waals surface area contributed by atoms with Gasteiger partial charge in [-0.25, -0.2) is 9.97 Å². The molecular formula is C25H26N2S. The van der Waals surface area contributed by atoms with Gasteiger partial charge in [-0.2, -0.15) is 0 Å². The molecule has 1 aliphatic carbocycles. The fourth-order valence-corrected chi connectivity index (χ4v) is 5.03. The largest absolute Gasteiger partial charge is 0.249 e. The highest BCUT2D eigenvalue weighted by Gasteiger charge is 2.31. The van der Waals surface area contributed by atoms with Crippen LogP contribution >= 0.6 is 11.8 Å². The summed E-state index contributed by atoms with van der Waals surface area (Å²) in [4.78, 5) is 11.2. The first-order chi connectivity index (χ1) is 13.7. The highest BCUT2D eigenvalue weighted by Crippen LogP contribution is 2.49. The molecule has 28 heavy (non-hydrogen) atoms. The van der Waals surface area contributed by atoms with Crippen molar-refractivity contribution in [1.29, 1.82) is 0 Å². The van der Waals surface area contributed by atoms with Gasteiger partial charge in [-0.1, -0.05) is 69.7 Å². The molecule has 3 aromatic rings. The van der Waals surface area contributed by atoms with Gasteiger partial charge in [-0.15, -0.1) is 11.8 Å². The quantitative estimate of drug-likeness (QED) is 0.476. The van der Waals surface area contributed by atoms with Crippen LogP contribution in [0.4, 0.5) is 0 Å². The predicted octanol–water partition coefficient (Wildman–Crippen LogP) is 6.96. The molecule has 3 heteroatoms. The number of allylic oxidation sites excluding steroid dienone is 3. The highest BCUT2D eigenvalue weighted by molar-refractivity contribution is 8.00. The van der Waals surface area contributed by atoms with Crippen molar-refractivity contribution in [1.82, 2.24) is 9.97 Å². The molecule has 1 aliphatic heterocycles. The number of hydrogen-bond acceptors (Lipinski definition) is 3. The van der Waals surface area contributed by atoms with Crippen LogP contribution in [0, 0.1) is 0 Å². The van der Waals surface area contributed by atoms with Crippen LogP contribution < -0.4 is 0 Å². The van der Waals surface area contributed by atoms with Crippen molar-refractivity contribution in [3.63, 3.8) is 0 Å². The summed E-state index contributed by atoms with van der Waals surface area (Å²) in [6.07, 6.45) is 11.1. The van der Waals surface area contributed by atoms with Crippen molar-refractivity contribution >= 4 is 22.8 Å². The smallest absolute Gasteiger partial charge is 0.0925 e. The second-order valence-electron chi connectivity index (χ2n) is 7.20. The lowest BCUT2D eigenvalue weighted by molar-refractivity contribution is 0.881. The maximum absolute atomic E-state index is 4.94. The molecule has 0 radical (unpaired) electrons. The third-order valence-corrected chi connectivity index (χ3v) is 6.32. The molecule has 2 aliphatic rings. The molecular weight excluding hydrogens is 360 g/mol. The summed E-state index contributed by atoms with van der Waals surface area (Å²) in [5.41, 5.74) is 6.62. The highest BCUT2D eigenvalue weighted by atomic mass is 32.2. The third kappa shape index (κ3) is 3.51. The van der Waals surface area contributed by atoms with Crippen LogP contribution in [0.1, 0.15) is 44.4 Å². The predicted molar refractivity (Wildman–Crippen MR) is 121 cm³/mol. The molecule has 0 N–H and O–H groups in total. The van der Waals surface area contributed by atoms with E-state index >= 15 is 0 Å². The Morgan fingerprint density at radius 2 is 1.61 bits per heavy atom. The van der Waals surface area contributed by atoms with E-state index in [1.807, 2.05) is 36.0 Å². The van der Waals surface area contributed by atoms with Crippen LogP contribution in [0.3, 0.4) is 0 Å². The van der Waals surface area contributed by atoms with E-state index in [0.717, 1.165) is 28.8 Å². The van der Waals surface area contributed by atoms with Crippen molar-refractivity contribution < 1.29 is 0 Å². The van der Waals surface area contributed by atoms with Gasteiger partial charge in [0.15, 0.2) is 0 Å². The molecule has 2 nitrogen and oxygen atoms in total. The second-order valence-corrected chi connectivity index (χ2v) is 8.42. The van der Waals surface area contributed by atoms with E-state index in [9.17, 15) is 0 Å². The summed E-state index contributed by atoms with van der Waals surface area (Å²) < 4.78 is 0. The number of benzene rings is 2. The molecule has 0 saturated heterocycles. The van der Waals surface area contributed by atoms with Crippen LogP contribution in [0.5, 0.6) is 0 Å². The first-order valence-corrected chi connectivity index (χ1v) is 11.0. The molecule has 1 aromatic heterocycles. The van der Waals surface area contributed by atoms with E-state index < -0.39 is 0 Å². The lowest BCUT2D eigenvalue weighted by atomic mass is 9.91. The number of rotatable bonds is 2. The van der Waals surface area contributed by atoms with Gasteiger partial charge in [0, 0.05) is 21.6 Å². The molecule has 2 heterocycles. The Kier molecular flexibility index (Phi) is 5.63. The second kappa shape index (κ2) is 8.32. The molecule has 0 bridgehead atoms. The van der Waals surface area contributed by atoms with Crippen molar-refractivity contribution in [2.45, 2.75) is 49.7 Å². The van der Waals surface area contributed by atoms with Gasteiger partial charge < -0.3 is 0 Å². The maximum Gasteiger partial charge on any atom is 0.0925 e. The number of thioether (sulfide) groups is 1. The Morgan fingerprint density at radius 3 is 2.36 bits per heavy atom. The zero-order chi connectivity index (χ0) is 19.5. The van der Waals surface area contributed by atoms with Crippen LogP contribution in [0.15, 0.2) is 71.7 Å². The fourth-order valence-electron chi connectivity index (χ4n) is 3.70. The minimum absolute atomic E-state index is 0.475. The Balaban J connectivity index is 0.000000604. The molecule has 0 amide bonds. The molecule has 5 rings (SSSR count). The monoisotopic (exact) mass is 386 g/mol. The zero-order valence-corrected chi connectivity index (χ0v) is 17.5. The van der Waals surface area contributed by atoms with E-state index in [2.05, 4.69) is 63.3 Å². The van der Waals surface area contributed by atoms with Crippen molar-refractivity contribution in [2.24, 2.45) is 0 Å². The summed E-state index contributed by atoms with van der Waals surface area (Å²) in [5, 5.41) is 0.531. The van der Waals surface area contributed by atoms with E-state index in [1.54, 1.807) is 0 Å². The van der Waals surface area contributed by atoms with Gasteiger partial charge in [0.2, 0.25) is 0 Å². The average Bonchev–Trinajstić information content (AvgIpc) is 3.11. The van der Waals surface area contributed by atoms with Gasteiger partial charge in [0.05, 0.1) is 22.4 Å². The van der Waals surface area contributed by atoms with Gasteiger partial charge in [0.25, 0.3) is 0 Å². The van der Waals surface area contributed by atoms with E-state index in [1.165, 1.54) is 22.4 Å². The van der Waals surface area contributed by atoms with Crippen molar-refractivity contribution in [3.8, 4) is 11.3 Å². The lowest BCUT2D eigenvalue weighted by Gasteiger charge is -2.15. The Labute approximate surface area is 171 Å². The normalized spacial score (nSPS) is 19.1. The van der Waals surface area contributed by atoms with Gasteiger partial charge in [0.1, 0.15) is 0 Å². The third-order valence-electron chi connectivity index (χ3n) is 4.97. The molecule has 0 saturated carbocycles. The van der Waals surface area contributed by atoms with Crippen LogP contribution in [-0.2, 0) is 6.42 Å². The van der Waals surface area contributed by atoms with E-state index in [4.69, 9.17) is 9.97 Å². The number of aryl methyl sites for hydroxylation is 1. The number of hydrogen-bond donors (Lipinski definition) is 0. The first-order valence-electron chi connectivity index (χ1n) is 10.2. The number of aromatic nitrogens is 2. The summed E-state index contributed by atoms with van der Waals surface area (Å²) in [5.74, 6) is 0.475. The van der Waals surface area contributed by atoms with Crippen LogP contribution in [-0.4, -0.2) is 15.2 Å². The number of nitrogens with zero attached hydrogens (tertiary/aromatic N) is 2. The maximum atomic E-state index is 4.94. The number of para-hydroxylation sites is 2. The van der Waals surface area contributed by atoms with Crippen LogP contribution in [0.2, 0.25) is 0 Å². The Morgan fingerprint density at radius 1 is 0.893 bits per heavy atom. The van der Waals surface area contributed by atoms with Gasteiger partial charge in [-0.3, -0.25) is 0 Å². The fraction of sp³-hybridized carbons (Fsp3) is 0.280. The Bertz CT molecular complexity index is 1050. The topological polar surface area (TPSA) is 25.8 Å².